The highest BCUT2D eigenvalue weighted by molar-refractivity contribution is 5.65. The van der Waals surface area contributed by atoms with Gasteiger partial charge in [0.05, 0.1) is 11.7 Å². The first-order valence-electron chi connectivity index (χ1n) is 12.4. The van der Waals surface area contributed by atoms with Gasteiger partial charge in [0.2, 0.25) is 5.88 Å². The Hall–Kier alpha value is -3.67. The van der Waals surface area contributed by atoms with Gasteiger partial charge in [-0.25, -0.2) is 4.68 Å². The first-order chi connectivity index (χ1) is 17.5. The van der Waals surface area contributed by atoms with Crippen molar-refractivity contribution in [3.63, 3.8) is 0 Å². The number of aliphatic hydroxyl groups excluding tert-OH is 1. The molecule has 1 heterocycles. The number of aryl methyl sites for hydroxylation is 2. The van der Waals surface area contributed by atoms with E-state index in [-0.39, 0.29) is 0 Å². The maximum Gasteiger partial charge on any atom is 0.222 e. The van der Waals surface area contributed by atoms with Crippen LogP contribution in [-0.2, 0) is 20.1 Å². The van der Waals surface area contributed by atoms with Crippen LogP contribution >= 0.6 is 0 Å². The van der Waals surface area contributed by atoms with E-state index in [0.717, 1.165) is 29.0 Å². The van der Waals surface area contributed by atoms with Crippen molar-refractivity contribution < 1.29 is 9.84 Å². The quantitative estimate of drug-likeness (QED) is 0.234. The summed E-state index contributed by atoms with van der Waals surface area (Å²) in [5.74, 6) is 1.47. The number of ether oxygens (including phenoxy) is 1. The smallest absolute Gasteiger partial charge is 0.222 e. The average Bonchev–Trinajstić information content (AvgIpc) is 3.19. The van der Waals surface area contributed by atoms with Gasteiger partial charge in [-0.15, -0.1) is 6.58 Å². The molecule has 0 aliphatic rings. The number of nitrogens with zero attached hydrogens (tertiary/aromatic N) is 3. The van der Waals surface area contributed by atoms with Crippen LogP contribution in [0, 0.1) is 6.92 Å². The Kier molecular flexibility index (Phi) is 8.71. The number of rotatable bonds is 12. The monoisotopic (exact) mass is 481 g/mol. The number of benzene rings is 3. The second kappa shape index (κ2) is 12.3. The molecule has 5 heteroatoms. The minimum absolute atomic E-state index is 0.454. The average molecular weight is 482 g/mol. The molecule has 1 N–H and O–H groups in total. The standard InChI is InChI=1S/C31H35N3O2/c1-4-5-16-27(35)22-34(21-25-12-8-6-9-13-25)23-29-30(26-14-10-7-11-15-26)32-33(3)31(29)36-28-19-17-24(2)18-20-28/h4,6-15,17-20,27,35H,1,5,16,21-23H2,2-3H3. The van der Waals surface area contributed by atoms with Gasteiger partial charge >= 0.3 is 0 Å². The largest absolute Gasteiger partial charge is 0.439 e. The van der Waals surface area contributed by atoms with E-state index in [9.17, 15) is 5.11 Å². The Labute approximate surface area is 214 Å². The highest BCUT2D eigenvalue weighted by Crippen LogP contribution is 2.34. The summed E-state index contributed by atoms with van der Waals surface area (Å²) in [6.07, 6.45) is 2.86. The number of aliphatic hydroxyl groups is 1. The van der Waals surface area contributed by atoms with Gasteiger partial charge in [-0.3, -0.25) is 4.90 Å². The summed E-state index contributed by atoms with van der Waals surface area (Å²) in [4.78, 5) is 2.27. The predicted octanol–water partition coefficient (Wildman–Crippen LogP) is 6.52. The van der Waals surface area contributed by atoms with Crippen LogP contribution in [-0.4, -0.2) is 32.4 Å². The summed E-state index contributed by atoms with van der Waals surface area (Å²) in [5, 5.41) is 15.7. The third-order valence-electron chi connectivity index (χ3n) is 6.17. The zero-order valence-electron chi connectivity index (χ0n) is 21.2. The van der Waals surface area contributed by atoms with Crippen molar-refractivity contribution in [3.05, 3.63) is 114 Å². The molecule has 36 heavy (non-hydrogen) atoms. The molecule has 0 amide bonds. The SMILES string of the molecule is C=CCCC(O)CN(Cc1ccccc1)Cc1c(-c2ccccc2)nn(C)c1Oc1ccc(C)cc1. The van der Waals surface area contributed by atoms with Gasteiger partial charge in [0, 0.05) is 32.2 Å². The highest BCUT2D eigenvalue weighted by Gasteiger charge is 2.23. The molecule has 5 nitrogen and oxygen atoms in total. The first-order valence-corrected chi connectivity index (χ1v) is 12.4. The summed E-state index contributed by atoms with van der Waals surface area (Å²) >= 11 is 0. The Morgan fingerprint density at radius 1 is 0.972 bits per heavy atom. The molecule has 0 bridgehead atoms. The van der Waals surface area contributed by atoms with Crippen molar-refractivity contribution in [3.8, 4) is 22.9 Å². The number of hydrogen-bond acceptors (Lipinski definition) is 4. The third-order valence-corrected chi connectivity index (χ3v) is 6.17. The van der Waals surface area contributed by atoms with Gasteiger partial charge in [0.25, 0.3) is 0 Å². The molecule has 0 spiro atoms. The van der Waals surface area contributed by atoms with Gasteiger partial charge in [0.1, 0.15) is 11.4 Å². The molecule has 0 aliphatic heterocycles. The lowest BCUT2D eigenvalue weighted by Crippen LogP contribution is -2.32. The lowest BCUT2D eigenvalue weighted by Gasteiger charge is -2.26. The summed E-state index contributed by atoms with van der Waals surface area (Å²) in [7, 11) is 1.92. The fourth-order valence-electron chi connectivity index (χ4n) is 4.32. The molecule has 1 aromatic heterocycles. The maximum absolute atomic E-state index is 10.8. The van der Waals surface area contributed by atoms with Crippen LogP contribution in [0.5, 0.6) is 11.6 Å². The third kappa shape index (κ3) is 6.72. The van der Waals surface area contributed by atoms with Gasteiger partial charge < -0.3 is 9.84 Å². The summed E-state index contributed by atoms with van der Waals surface area (Å²) in [6, 6.07) is 28.6. The van der Waals surface area contributed by atoms with E-state index in [1.165, 1.54) is 11.1 Å². The molecular weight excluding hydrogens is 446 g/mol. The van der Waals surface area contributed by atoms with Crippen LogP contribution in [0.1, 0.15) is 29.5 Å². The Morgan fingerprint density at radius 3 is 2.31 bits per heavy atom. The van der Waals surface area contributed by atoms with Gasteiger partial charge in [0.15, 0.2) is 0 Å². The van der Waals surface area contributed by atoms with Crippen molar-refractivity contribution in [1.82, 2.24) is 14.7 Å². The maximum atomic E-state index is 10.8. The van der Waals surface area contributed by atoms with Crippen LogP contribution in [0.25, 0.3) is 11.3 Å². The van der Waals surface area contributed by atoms with E-state index in [0.29, 0.717) is 31.9 Å². The number of hydrogen-bond donors (Lipinski definition) is 1. The number of allylic oxidation sites excluding steroid dienone is 1. The van der Waals surface area contributed by atoms with Crippen molar-refractivity contribution in [2.75, 3.05) is 6.54 Å². The summed E-state index contributed by atoms with van der Waals surface area (Å²) < 4.78 is 8.23. The normalized spacial score (nSPS) is 12.0. The second-order valence-corrected chi connectivity index (χ2v) is 9.21. The molecule has 3 aromatic carbocycles. The molecule has 0 aliphatic carbocycles. The van der Waals surface area contributed by atoms with Gasteiger partial charge in [-0.2, -0.15) is 5.10 Å². The Balaban J connectivity index is 1.71. The molecule has 4 rings (SSSR count). The van der Waals surface area contributed by atoms with Crippen molar-refractivity contribution >= 4 is 0 Å². The van der Waals surface area contributed by atoms with Crippen LogP contribution in [0.2, 0.25) is 0 Å². The minimum atomic E-state index is -0.454. The van der Waals surface area contributed by atoms with E-state index >= 15 is 0 Å². The molecule has 186 valence electrons. The fraction of sp³-hybridized carbons (Fsp3) is 0.258. The second-order valence-electron chi connectivity index (χ2n) is 9.21. The van der Waals surface area contributed by atoms with Crippen LogP contribution in [0.15, 0.2) is 97.6 Å². The Bertz CT molecular complexity index is 1230. The molecular formula is C31H35N3O2. The van der Waals surface area contributed by atoms with E-state index in [2.05, 4.69) is 42.7 Å². The van der Waals surface area contributed by atoms with E-state index < -0.39 is 6.10 Å². The van der Waals surface area contributed by atoms with E-state index in [4.69, 9.17) is 9.84 Å². The molecule has 1 unspecified atom stereocenters. The molecule has 0 fully saturated rings. The zero-order chi connectivity index (χ0) is 25.3. The molecule has 0 saturated carbocycles. The first kappa shape index (κ1) is 25.4. The molecule has 0 radical (unpaired) electrons. The van der Waals surface area contributed by atoms with Crippen LogP contribution in [0.3, 0.4) is 0 Å². The lowest BCUT2D eigenvalue weighted by atomic mass is 10.1. The molecule has 4 aromatic rings. The highest BCUT2D eigenvalue weighted by atomic mass is 16.5. The van der Waals surface area contributed by atoms with Crippen molar-refractivity contribution in [2.24, 2.45) is 7.05 Å². The lowest BCUT2D eigenvalue weighted by molar-refractivity contribution is 0.0980. The molecule has 1 atom stereocenters. The van der Waals surface area contributed by atoms with Gasteiger partial charge in [-0.05, 0) is 37.5 Å². The van der Waals surface area contributed by atoms with E-state index in [1.54, 1.807) is 0 Å². The fourth-order valence-corrected chi connectivity index (χ4v) is 4.32. The van der Waals surface area contributed by atoms with Crippen molar-refractivity contribution in [1.29, 1.82) is 0 Å². The van der Waals surface area contributed by atoms with Gasteiger partial charge in [-0.1, -0.05) is 84.4 Å². The van der Waals surface area contributed by atoms with Crippen LogP contribution < -0.4 is 4.74 Å². The zero-order valence-corrected chi connectivity index (χ0v) is 21.2. The predicted molar refractivity (Wildman–Crippen MR) is 146 cm³/mol. The number of aromatic nitrogens is 2. The van der Waals surface area contributed by atoms with E-state index in [1.807, 2.05) is 78.5 Å². The van der Waals surface area contributed by atoms with Crippen molar-refractivity contribution in [2.45, 2.75) is 39.0 Å². The molecule has 0 saturated heterocycles. The Morgan fingerprint density at radius 2 is 1.64 bits per heavy atom. The minimum Gasteiger partial charge on any atom is -0.439 e. The van der Waals surface area contributed by atoms with Crippen LogP contribution in [0.4, 0.5) is 0 Å². The topological polar surface area (TPSA) is 50.5 Å². The summed E-state index contributed by atoms with van der Waals surface area (Å²) in [5.41, 5.74) is 5.29. The summed E-state index contributed by atoms with van der Waals surface area (Å²) in [6.45, 7) is 7.69.